The Bertz CT molecular complexity index is 338. The molecule has 0 aromatic carbocycles. The smallest absolute Gasteiger partial charge is 0.410 e. The lowest BCUT2D eigenvalue weighted by Gasteiger charge is -2.35. The highest BCUT2D eigenvalue weighted by Crippen LogP contribution is 2.26. The van der Waals surface area contributed by atoms with Crippen molar-refractivity contribution < 1.29 is 9.53 Å². The summed E-state index contributed by atoms with van der Waals surface area (Å²) < 4.78 is 5.47. The molecule has 1 saturated heterocycles. The van der Waals surface area contributed by atoms with Gasteiger partial charge in [-0.3, -0.25) is 0 Å². The van der Waals surface area contributed by atoms with Crippen LogP contribution in [0.2, 0.25) is 0 Å². The van der Waals surface area contributed by atoms with Crippen molar-refractivity contribution in [3.8, 4) is 0 Å². The van der Waals surface area contributed by atoms with E-state index < -0.39 is 5.60 Å². The molecule has 1 amide bonds. The molecule has 0 aromatic rings. The van der Waals surface area contributed by atoms with E-state index in [9.17, 15) is 4.79 Å². The van der Waals surface area contributed by atoms with Crippen LogP contribution in [0.3, 0.4) is 0 Å². The maximum absolute atomic E-state index is 12.1. The molecule has 1 heterocycles. The molecule has 116 valence electrons. The minimum atomic E-state index is -0.404. The molecule has 20 heavy (non-hydrogen) atoms. The number of hydrogen-bond acceptors (Lipinski definition) is 3. The van der Waals surface area contributed by atoms with E-state index in [1.54, 1.807) is 0 Å². The van der Waals surface area contributed by atoms with Crippen LogP contribution in [-0.4, -0.2) is 41.8 Å². The summed E-state index contributed by atoms with van der Waals surface area (Å²) in [4.78, 5) is 14.0. The third kappa shape index (κ3) is 4.65. The number of nitrogens with one attached hydrogen (secondary N) is 1. The lowest BCUT2D eigenvalue weighted by Crippen LogP contribution is -2.51. The minimum Gasteiger partial charge on any atom is -0.444 e. The standard InChI is InChI=1S/C16H30N2O2/c1-12-7-8-13(10-12)17-14-6-5-9-18(11-14)15(19)20-16(2,3)4/h12-14,17H,5-11H2,1-4H3. The van der Waals surface area contributed by atoms with Gasteiger partial charge in [0.15, 0.2) is 0 Å². The second-order valence-corrected chi connectivity index (χ2v) is 7.55. The van der Waals surface area contributed by atoms with Crippen molar-refractivity contribution in [2.75, 3.05) is 13.1 Å². The second kappa shape index (κ2) is 6.33. The number of carbonyl (C=O) groups excluding carboxylic acids is 1. The molecule has 3 atom stereocenters. The summed E-state index contributed by atoms with van der Waals surface area (Å²) in [6.45, 7) is 9.71. The third-order valence-corrected chi connectivity index (χ3v) is 4.24. The molecular weight excluding hydrogens is 252 g/mol. The van der Waals surface area contributed by atoms with Gasteiger partial charge in [0.05, 0.1) is 0 Å². The van der Waals surface area contributed by atoms with Crippen LogP contribution >= 0.6 is 0 Å². The Morgan fingerprint density at radius 3 is 2.55 bits per heavy atom. The molecule has 2 fully saturated rings. The van der Waals surface area contributed by atoms with Crippen LogP contribution in [0.4, 0.5) is 4.79 Å². The number of rotatable bonds is 2. The summed E-state index contributed by atoms with van der Waals surface area (Å²) in [5, 5.41) is 3.75. The number of likely N-dealkylation sites (tertiary alicyclic amines) is 1. The zero-order valence-electron chi connectivity index (χ0n) is 13.4. The molecule has 2 aliphatic rings. The van der Waals surface area contributed by atoms with Gasteiger partial charge in [-0.05, 0) is 58.8 Å². The number of nitrogens with zero attached hydrogens (tertiary/aromatic N) is 1. The maximum atomic E-state index is 12.1. The van der Waals surface area contributed by atoms with E-state index in [1.165, 1.54) is 25.7 Å². The normalized spacial score (nSPS) is 31.4. The Labute approximate surface area is 123 Å². The zero-order valence-corrected chi connectivity index (χ0v) is 13.4. The summed E-state index contributed by atoms with van der Waals surface area (Å²) >= 11 is 0. The van der Waals surface area contributed by atoms with Crippen LogP contribution in [0.25, 0.3) is 0 Å². The topological polar surface area (TPSA) is 41.6 Å². The first-order valence-electron chi connectivity index (χ1n) is 8.07. The number of carbonyl (C=O) groups is 1. The van der Waals surface area contributed by atoms with Gasteiger partial charge in [0, 0.05) is 25.2 Å². The summed E-state index contributed by atoms with van der Waals surface area (Å²) in [5.74, 6) is 0.845. The SMILES string of the molecule is CC1CCC(NC2CCCN(C(=O)OC(C)(C)C)C2)C1. The Morgan fingerprint density at radius 1 is 1.20 bits per heavy atom. The molecule has 1 saturated carbocycles. The number of piperidine rings is 1. The highest BCUT2D eigenvalue weighted by atomic mass is 16.6. The molecule has 4 nitrogen and oxygen atoms in total. The summed E-state index contributed by atoms with van der Waals surface area (Å²) in [6.07, 6.45) is 5.97. The Kier molecular flexibility index (Phi) is 4.95. The van der Waals surface area contributed by atoms with E-state index in [-0.39, 0.29) is 6.09 Å². The molecule has 0 spiro atoms. The van der Waals surface area contributed by atoms with Gasteiger partial charge in [-0.25, -0.2) is 4.79 Å². The maximum Gasteiger partial charge on any atom is 0.410 e. The Hall–Kier alpha value is -0.770. The van der Waals surface area contributed by atoms with E-state index in [1.807, 2.05) is 25.7 Å². The van der Waals surface area contributed by atoms with Crippen molar-refractivity contribution in [2.45, 2.75) is 77.5 Å². The second-order valence-electron chi connectivity index (χ2n) is 7.55. The van der Waals surface area contributed by atoms with Gasteiger partial charge >= 0.3 is 6.09 Å². The lowest BCUT2D eigenvalue weighted by atomic mass is 10.0. The quantitative estimate of drug-likeness (QED) is 0.846. The van der Waals surface area contributed by atoms with Gasteiger partial charge in [-0.15, -0.1) is 0 Å². The molecule has 0 bridgehead atoms. The molecule has 1 N–H and O–H groups in total. The molecule has 1 aliphatic heterocycles. The first kappa shape index (κ1) is 15.6. The van der Waals surface area contributed by atoms with Gasteiger partial charge in [-0.1, -0.05) is 6.92 Å². The van der Waals surface area contributed by atoms with Crippen LogP contribution < -0.4 is 5.32 Å². The van der Waals surface area contributed by atoms with Crippen LogP contribution in [0.15, 0.2) is 0 Å². The monoisotopic (exact) mass is 282 g/mol. The molecule has 0 radical (unpaired) electrons. The average Bonchev–Trinajstić information content (AvgIpc) is 2.73. The van der Waals surface area contributed by atoms with Crippen LogP contribution in [0.1, 0.15) is 59.8 Å². The van der Waals surface area contributed by atoms with E-state index in [0.717, 1.165) is 25.4 Å². The summed E-state index contributed by atoms with van der Waals surface area (Å²) in [7, 11) is 0. The van der Waals surface area contributed by atoms with E-state index in [0.29, 0.717) is 12.1 Å². The van der Waals surface area contributed by atoms with E-state index in [4.69, 9.17) is 4.74 Å². The van der Waals surface area contributed by atoms with Crippen molar-refractivity contribution in [3.63, 3.8) is 0 Å². The van der Waals surface area contributed by atoms with Crippen molar-refractivity contribution >= 4 is 6.09 Å². The Balaban J connectivity index is 1.80. The van der Waals surface area contributed by atoms with E-state index in [2.05, 4.69) is 12.2 Å². The van der Waals surface area contributed by atoms with Crippen LogP contribution in [0, 0.1) is 5.92 Å². The summed E-state index contributed by atoms with van der Waals surface area (Å²) in [5.41, 5.74) is -0.404. The predicted molar refractivity (Wildman–Crippen MR) is 80.8 cm³/mol. The summed E-state index contributed by atoms with van der Waals surface area (Å²) in [6, 6.07) is 1.08. The van der Waals surface area contributed by atoms with Gasteiger partial charge in [-0.2, -0.15) is 0 Å². The molecule has 0 aromatic heterocycles. The molecule has 2 rings (SSSR count). The number of hydrogen-bond donors (Lipinski definition) is 1. The number of ether oxygens (including phenoxy) is 1. The van der Waals surface area contributed by atoms with Crippen LogP contribution in [-0.2, 0) is 4.74 Å². The first-order chi connectivity index (χ1) is 9.33. The highest BCUT2D eigenvalue weighted by Gasteiger charge is 2.30. The van der Waals surface area contributed by atoms with Gasteiger partial charge in [0.1, 0.15) is 5.60 Å². The molecule has 1 aliphatic carbocycles. The third-order valence-electron chi connectivity index (χ3n) is 4.24. The van der Waals surface area contributed by atoms with Gasteiger partial charge in [0.2, 0.25) is 0 Å². The zero-order chi connectivity index (χ0) is 14.8. The fourth-order valence-corrected chi connectivity index (χ4v) is 3.30. The minimum absolute atomic E-state index is 0.163. The molecule has 3 unspecified atom stereocenters. The van der Waals surface area contributed by atoms with Gasteiger partial charge in [0.25, 0.3) is 0 Å². The molecular formula is C16H30N2O2. The van der Waals surface area contributed by atoms with Crippen molar-refractivity contribution in [1.29, 1.82) is 0 Å². The van der Waals surface area contributed by atoms with E-state index >= 15 is 0 Å². The largest absolute Gasteiger partial charge is 0.444 e. The van der Waals surface area contributed by atoms with Crippen molar-refractivity contribution in [3.05, 3.63) is 0 Å². The number of amides is 1. The fourth-order valence-electron chi connectivity index (χ4n) is 3.30. The highest BCUT2D eigenvalue weighted by molar-refractivity contribution is 5.68. The average molecular weight is 282 g/mol. The molecule has 4 heteroatoms. The van der Waals surface area contributed by atoms with Gasteiger partial charge < -0.3 is 15.0 Å². The van der Waals surface area contributed by atoms with Crippen LogP contribution in [0.5, 0.6) is 0 Å². The fraction of sp³-hybridized carbons (Fsp3) is 0.938. The first-order valence-corrected chi connectivity index (χ1v) is 8.07. The Morgan fingerprint density at radius 2 is 1.95 bits per heavy atom. The van der Waals surface area contributed by atoms with Crippen molar-refractivity contribution in [2.24, 2.45) is 5.92 Å². The lowest BCUT2D eigenvalue weighted by molar-refractivity contribution is 0.0183. The predicted octanol–water partition coefficient (Wildman–Crippen LogP) is 3.16. The van der Waals surface area contributed by atoms with Crippen molar-refractivity contribution in [1.82, 2.24) is 10.2 Å².